The third kappa shape index (κ3) is 4.34. The zero-order valence-electron chi connectivity index (χ0n) is 17.0. The Morgan fingerprint density at radius 1 is 1.21 bits per heavy atom. The van der Waals surface area contributed by atoms with Gasteiger partial charge >= 0.3 is 6.03 Å². The Hall–Kier alpha value is -2.67. The molecule has 6 nitrogen and oxygen atoms in total. The third-order valence-electron chi connectivity index (χ3n) is 5.68. The third-order valence-corrected chi connectivity index (χ3v) is 5.68. The Bertz CT molecular complexity index is 868. The van der Waals surface area contributed by atoms with E-state index in [0.29, 0.717) is 30.0 Å². The molecule has 0 spiro atoms. The molecule has 29 heavy (non-hydrogen) atoms. The van der Waals surface area contributed by atoms with Gasteiger partial charge in [0.05, 0.1) is 17.6 Å². The molecule has 1 radical (unpaired) electrons. The van der Waals surface area contributed by atoms with Crippen molar-refractivity contribution in [3.05, 3.63) is 53.6 Å². The minimum absolute atomic E-state index is 0.117. The lowest BCUT2D eigenvalue weighted by Gasteiger charge is -2.44. The Labute approximate surface area is 171 Å². The number of hydrogen-bond acceptors (Lipinski definition) is 3. The number of likely N-dealkylation sites (tertiary alicyclic amines) is 1. The van der Waals surface area contributed by atoms with Gasteiger partial charge in [0.1, 0.15) is 0 Å². The Morgan fingerprint density at radius 3 is 2.69 bits per heavy atom. The lowest BCUT2D eigenvalue weighted by atomic mass is 10.1. The van der Waals surface area contributed by atoms with E-state index in [9.17, 15) is 4.79 Å². The fourth-order valence-corrected chi connectivity index (χ4v) is 3.83. The molecule has 4 rings (SSSR count). The van der Waals surface area contributed by atoms with Crippen LogP contribution in [0.1, 0.15) is 24.6 Å². The van der Waals surface area contributed by atoms with Gasteiger partial charge in [0.15, 0.2) is 5.82 Å². The zero-order chi connectivity index (χ0) is 20.4. The summed E-state index contributed by atoms with van der Waals surface area (Å²) in [7, 11) is 0. The van der Waals surface area contributed by atoms with E-state index in [0.717, 1.165) is 38.3 Å². The Morgan fingerprint density at radius 2 is 2.03 bits per heavy atom. The van der Waals surface area contributed by atoms with Crippen LogP contribution in [0.5, 0.6) is 0 Å². The quantitative estimate of drug-likeness (QED) is 0.796. The van der Waals surface area contributed by atoms with E-state index in [1.807, 2.05) is 41.0 Å². The van der Waals surface area contributed by atoms with Gasteiger partial charge in [-0.05, 0) is 38.5 Å². The summed E-state index contributed by atoms with van der Waals surface area (Å²) in [4.78, 5) is 22.8. The number of nitrogens with zero attached hydrogens (tertiary/aromatic N) is 5. The number of halogens is 1. The van der Waals surface area contributed by atoms with Crippen LogP contribution in [-0.2, 0) is 6.54 Å². The normalized spacial score (nSPS) is 19.8. The van der Waals surface area contributed by atoms with E-state index < -0.39 is 0 Å². The lowest BCUT2D eigenvalue weighted by molar-refractivity contribution is 0.0658. The highest BCUT2D eigenvalue weighted by atomic mass is 19.1. The van der Waals surface area contributed by atoms with Crippen LogP contribution >= 0.6 is 0 Å². The maximum atomic E-state index is 15.0. The molecule has 1 aromatic heterocycles. The summed E-state index contributed by atoms with van der Waals surface area (Å²) in [5.41, 5.74) is 2.49. The fraction of sp³-hybridized carbons (Fsp3) is 0.455. The van der Waals surface area contributed by atoms with Crippen LogP contribution in [0.15, 0.2) is 36.5 Å². The van der Waals surface area contributed by atoms with E-state index in [-0.39, 0.29) is 17.9 Å². The highest BCUT2D eigenvalue weighted by Gasteiger charge is 2.32. The Balaban J connectivity index is 1.39. The van der Waals surface area contributed by atoms with E-state index in [1.165, 1.54) is 0 Å². The van der Waals surface area contributed by atoms with E-state index in [2.05, 4.69) is 22.1 Å². The van der Waals surface area contributed by atoms with Gasteiger partial charge in [-0.2, -0.15) is 0 Å². The molecule has 2 fully saturated rings. The van der Waals surface area contributed by atoms with E-state index >= 15 is 4.39 Å². The average molecular weight is 396 g/mol. The molecule has 0 aliphatic carbocycles. The first kappa shape index (κ1) is 19.6. The van der Waals surface area contributed by atoms with Gasteiger partial charge in [0.25, 0.3) is 0 Å². The largest absolute Gasteiger partial charge is 0.325 e. The predicted octanol–water partition coefficient (Wildman–Crippen LogP) is 3.43. The van der Waals surface area contributed by atoms with Crippen LogP contribution in [0.4, 0.5) is 20.6 Å². The summed E-state index contributed by atoms with van der Waals surface area (Å²) in [5.74, 6) is -0.292. The monoisotopic (exact) mass is 396 g/mol. The average Bonchev–Trinajstić information content (AvgIpc) is 2.65. The smallest absolute Gasteiger partial charge is 0.320 e. The van der Waals surface area contributed by atoms with Gasteiger partial charge < -0.3 is 9.80 Å². The first-order valence-corrected chi connectivity index (χ1v) is 10.2. The molecule has 7 heteroatoms. The van der Waals surface area contributed by atoms with Crippen molar-refractivity contribution in [1.82, 2.24) is 25.0 Å². The predicted molar refractivity (Wildman–Crippen MR) is 110 cm³/mol. The number of pyridine rings is 1. The molecule has 2 aliphatic heterocycles. The molecule has 2 aliphatic rings. The first-order valence-electron chi connectivity index (χ1n) is 10.2. The van der Waals surface area contributed by atoms with Crippen molar-refractivity contribution in [2.24, 2.45) is 0 Å². The summed E-state index contributed by atoms with van der Waals surface area (Å²) in [6.45, 7) is 8.37. The van der Waals surface area contributed by atoms with E-state index in [1.54, 1.807) is 12.3 Å². The molecular formula is C22H27FN5O. The van der Waals surface area contributed by atoms with Crippen LogP contribution in [0, 0.1) is 12.7 Å². The number of urea groups is 1. The first-order chi connectivity index (χ1) is 14.0. The molecule has 0 unspecified atom stereocenters. The van der Waals surface area contributed by atoms with Gasteiger partial charge in [-0.1, -0.05) is 12.1 Å². The van der Waals surface area contributed by atoms with Crippen molar-refractivity contribution in [3.63, 3.8) is 0 Å². The van der Waals surface area contributed by atoms with Crippen molar-refractivity contribution >= 4 is 17.4 Å². The summed E-state index contributed by atoms with van der Waals surface area (Å²) < 4.78 is 15.0. The molecule has 0 N–H and O–H groups in total. The number of aryl methyl sites for hydroxylation is 1. The topological polar surface area (TPSA) is 53.8 Å². The van der Waals surface area contributed by atoms with Crippen LogP contribution in [0.2, 0.25) is 0 Å². The highest BCUT2D eigenvalue weighted by Crippen LogP contribution is 2.25. The number of rotatable bonds is 4. The molecule has 0 bridgehead atoms. The second-order valence-electron chi connectivity index (χ2n) is 7.92. The maximum Gasteiger partial charge on any atom is 0.320 e. The number of piperazine rings is 1. The van der Waals surface area contributed by atoms with Crippen LogP contribution in [0.3, 0.4) is 0 Å². The molecule has 2 saturated heterocycles. The molecule has 3 heterocycles. The summed E-state index contributed by atoms with van der Waals surface area (Å²) in [6, 6.07) is 9.29. The molecule has 0 saturated carbocycles. The molecule has 153 valence electrons. The number of hydrogen-bond donors (Lipinski definition) is 0. The maximum absolute atomic E-state index is 15.0. The minimum Gasteiger partial charge on any atom is -0.325 e. The fourth-order valence-electron chi connectivity index (χ4n) is 3.83. The van der Waals surface area contributed by atoms with Gasteiger partial charge in [-0.25, -0.2) is 14.5 Å². The van der Waals surface area contributed by atoms with Gasteiger partial charge in [-0.3, -0.25) is 9.88 Å². The van der Waals surface area contributed by atoms with Crippen molar-refractivity contribution < 1.29 is 9.18 Å². The zero-order valence-corrected chi connectivity index (χ0v) is 17.0. The van der Waals surface area contributed by atoms with Crippen molar-refractivity contribution in [3.8, 4) is 0 Å². The van der Waals surface area contributed by atoms with Crippen LogP contribution in [0.25, 0.3) is 0 Å². The van der Waals surface area contributed by atoms with Crippen molar-refractivity contribution in [2.45, 2.75) is 32.9 Å². The number of benzene rings is 1. The number of amides is 2. The standard InChI is InChI=1S/C22H27FN5O/c1-16-7-8-19(13-24-16)25-20-6-3-5-18(21(20)23)15-26-11-12-28(17(2)14-26)22(29)27-9-4-10-27/h3,5-8,13,17H,4,9-12,14-15H2,1-2H3/t17-/m1/s1. The second kappa shape index (κ2) is 8.37. The van der Waals surface area contributed by atoms with E-state index in [4.69, 9.17) is 0 Å². The molecule has 2 aromatic rings. The number of carbonyl (C=O) groups is 1. The summed E-state index contributed by atoms with van der Waals surface area (Å²) in [5, 5.41) is 4.41. The minimum atomic E-state index is -0.292. The summed E-state index contributed by atoms with van der Waals surface area (Å²) in [6.07, 6.45) is 2.75. The molecule has 2 amide bonds. The number of carbonyl (C=O) groups excluding carboxylic acids is 1. The molecule has 1 aromatic carbocycles. The lowest BCUT2D eigenvalue weighted by Crippen LogP contribution is -2.59. The van der Waals surface area contributed by atoms with Crippen LogP contribution in [-0.4, -0.2) is 64.5 Å². The molecule has 1 atom stereocenters. The van der Waals surface area contributed by atoms with Gasteiger partial charge in [0, 0.05) is 56.6 Å². The second-order valence-corrected chi connectivity index (χ2v) is 7.92. The molecular weight excluding hydrogens is 369 g/mol. The summed E-state index contributed by atoms with van der Waals surface area (Å²) >= 11 is 0. The number of aromatic nitrogens is 1. The van der Waals surface area contributed by atoms with Crippen molar-refractivity contribution in [2.75, 3.05) is 32.7 Å². The SMILES string of the molecule is Cc1ccc([N]c2cccc(CN3CCN(C(=O)N4CCC4)[C@H](C)C3)c2F)cn1. The Kier molecular flexibility index (Phi) is 5.67. The van der Waals surface area contributed by atoms with Gasteiger partial charge in [-0.15, -0.1) is 0 Å². The van der Waals surface area contributed by atoms with Crippen molar-refractivity contribution in [1.29, 1.82) is 0 Å². The van der Waals surface area contributed by atoms with Crippen LogP contribution < -0.4 is 5.32 Å². The highest BCUT2D eigenvalue weighted by molar-refractivity contribution is 5.75. The van der Waals surface area contributed by atoms with Gasteiger partial charge in [0.2, 0.25) is 0 Å².